The molecule has 0 bridgehead atoms. The fourth-order valence-electron chi connectivity index (χ4n) is 5.92. The molecule has 2 aromatic rings. The van der Waals surface area contributed by atoms with E-state index in [1.54, 1.807) is 25.3 Å². The number of carbonyl (C=O) groups is 1. The number of halogens is 1. The number of nitrogens with one attached hydrogen (secondary N) is 2. The summed E-state index contributed by atoms with van der Waals surface area (Å²) in [7, 11) is 0. The number of hydrogen-bond donors (Lipinski definition) is 2. The van der Waals surface area contributed by atoms with Crippen LogP contribution in [0.15, 0.2) is 27.9 Å². The molecule has 2 fully saturated rings. The zero-order valence-electron chi connectivity index (χ0n) is 24.5. The van der Waals surface area contributed by atoms with Crippen LogP contribution in [0.25, 0.3) is 0 Å². The number of hydrogen-bond acceptors (Lipinski definition) is 6. The van der Waals surface area contributed by atoms with Crippen LogP contribution < -0.4 is 15.6 Å². The van der Waals surface area contributed by atoms with E-state index >= 15 is 0 Å². The largest absolute Gasteiger partial charge is 0.462 e. The van der Waals surface area contributed by atoms with Crippen LogP contribution in [0.3, 0.4) is 0 Å². The fraction of sp³-hybridized carbons (Fsp3) is 0.586. The fourth-order valence-corrected chi connectivity index (χ4v) is 6.77. The lowest BCUT2D eigenvalue weighted by Crippen LogP contribution is -2.51. The normalized spacial score (nSPS) is 25.6. The molecular formula is C29H38ClN3O4S. The van der Waals surface area contributed by atoms with Crippen LogP contribution >= 0.6 is 23.4 Å². The number of aromatic amines is 1. The molecule has 3 heterocycles. The van der Waals surface area contributed by atoms with Crippen molar-refractivity contribution in [3.63, 3.8) is 0 Å². The molecule has 2 atom stereocenters. The Morgan fingerprint density at radius 2 is 2.03 bits per heavy atom. The number of carbonyl (C=O) groups excluding carboxylic acids is 1. The summed E-state index contributed by atoms with van der Waals surface area (Å²) in [4.78, 5) is 31.9. The maximum Gasteiger partial charge on any atom is 0.254 e. The molecule has 206 valence electrons. The molecule has 9 heteroatoms. The van der Waals surface area contributed by atoms with E-state index in [-0.39, 0.29) is 17.0 Å². The van der Waals surface area contributed by atoms with Crippen molar-refractivity contribution in [2.45, 2.75) is 76.2 Å². The van der Waals surface area contributed by atoms with Gasteiger partial charge in [-0.1, -0.05) is 18.0 Å². The predicted molar refractivity (Wildman–Crippen MR) is 151 cm³/mol. The summed E-state index contributed by atoms with van der Waals surface area (Å²) < 4.78 is 30.2. The number of thioether (sulfide) groups is 1. The lowest BCUT2D eigenvalue weighted by atomic mass is 9.83. The molecule has 1 aromatic heterocycles. The number of amides is 1. The van der Waals surface area contributed by atoms with Crippen molar-refractivity contribution in [1.82, 2.24) is 15.2 Å². The number of likely N-dealkylation sites (tertiary alicyclic amines) is 1. The number of aromatic nitrogens is 1. The van der Waals surface area contributed by atoms with Gasteiger partial charge < -0.3 is 24.7 Å². The summed E-state index contributed by atoms with van der Waals surface area (Å²) in [6.07, 6.45) is 7.23. The standard InChI is InChI=1S/C29H38ClN3O4S/c1-17-12-25(38-4)23(28(35)32-17)15-31-27(34)22-13-21(30)14-24-26(22)18(2)36-29(3,37-24)20-8-10-33(11-9-20)16-19-6-5-7-19/h12-14,18-20H,5-11,15-16H2,1-4H3,(H,31,34)(H,32,35)/i15D2. The molecule has 1 saturated heterocycles. The monoisotopic (exact) mass is 561 g/mol. The SMILES string of the molecule is [2H]C([2H])(NC(=O)c1cc(Cl)cc2c1C(C)OC(C)(C1CCN(CC3CCC3)CC1)O2)c1c(SC)cc(C)[nH]c1=O. The molecule has 38 heavy (non-hydrogen) atoms. The van der Waals surface area contributed by atoms with Crippen LogP contribution in [0.2, 0.25) is 5.02 Å². The predicted octanol–water partition coefficient (Wildman–Crippen LogP) is 5.69. The van der Waals surface area contributed by atoms with E-state index in [1.807, 2.05) is 13.8 Å². The third kappa shape index (κ3) is 5.64. The Labute approximate surface area is 236 Å². The molecule has 1 aliphatic carbocycles. The van der Waals surface area contributed by atoms with Crippen molar-refractivity contribution < 1.29 is 17.0 Å². The first-order valence-electron chi connectivity index (χ1n) is 14.4. The highest BCUT2D eigenvalue weighted by atomic mass is 35.5. The zero-order chi connectivity index (χ0) is 28.8. The average molecular weight is 562 g/mol. The highest BCUT2D eigenvalue weighted by Crippen LogP contribution is 2.46. The molecule has 7 nitrogen and oxygen atoms in total. The van der Waals surface area contributed by atoms with Gasteiger partial charge in [-0.25, -0.2) is 0 Å². The quantitative estimate of drug-likeness (QED) is 0.423. The number of aryl methyl sites for hydroxylation is 1. The van der Waals surface area contributed by atoms with Gasteiger partial charge in [0, 0.05) is 52.6 Å². The van der Waals surface area contributed by atoms with Crippen molar-refractivity contribution >= 4 is 29.3 Å². The van der Waals surface area contributed by atoms with Crippen molar-refractivity contribution in [1.29, 1.82) is 0 Å². The van der Waals surface area contributed by atoms with E-state index < -0.39 is 29.9 Å². The molecule has 0 spiro atoms. The van der Waals surface area contributed by atoms with E-state index in [1.165, 1.54) is 43.6 Å². The van der Waals surface area contributed by atoms with Crippen molar-refractivity contribution in [3.05, 3.63) is 56.0 Å². The van der Waals surface area contributed by atoms with Gasteiger partial charge >= 0.3 is 0 Å². The number of pyridine rings is 1. The van der Waals surface area contributed by atoms with E-state index in [0.29, 0.717) is 26.9 Å². The molecule has 1 saturated carbocycles. The number of ether oxygens (including phenoxy) is 2. The molecule has 5 rings (SSSR count). The van der Waals surface area contributed by atoms with Crippen LogP contribution in [-0.4, -0.2) is 47.5 Å². The van der Waals surface area contributed by atoms with Gasteiger partial charge in [0.05, 0.1) is 14.4 Å². The molecule has 2 aliphatic heterocycles. The van der Waals surface area contributed by atoms with Crippen molar-refractivity contribution in [3.8, 4) is 5.75 Å². The van der Waals surface area contributed by atoms with Crippen LogP contribution in [0.5, 0.6) is 5.75 Å². The Bertz CT molecular complexity index is 1340. The Morgan fingerprint density at radius 3 is 2.68 bits per heavy atom. The summed E-state index contributed by atoms with van der Waals surface area (Å²) in [5.74, 6) is -0.0815. The zero-order valence-corrected chi connectivity index (χ0v) is 24.1. The molecule has 2 N–H and O–H groups in total. The number of H-pyrrole nitrogens is 1. The second kappa shape index (κ2) is 11.2. The minimum absolute atomic E-state index is 0.147. The average Bonchev–Trinajstić information content (AvgIpc) is 2.84. The van der Waals surface area contributed by atoms with Crippen LogP contribution in [0.1, 0.15) is 82.0 Å². The first-order valence-corrected chi connectivity index (χ1v) is 15.0. The minimum Gasteiger partial charge on any atom is -0.462 e. The first kappa shape index (κ1) is 25.0. The molecule has 0 radical (unpaired) electrons. The second-order valence-electron chi connectivity index (χ2n) is 10.9. The van der Waals surface area contributed by atoms with Crippen LogP contribution in [-0.2, 0) is 11.2 Å². The van der Waals surface area contributed by atoms with Gasteiger partial charge in [0.2, 0.25) is 5.79 Å². The molecular weight excluding hydrogens is 522 g/mol. The summed E-state index contributed by atoms with van der Waals surface area (Å²) >= 11 is 7.70. The smallest absolute Gasteiger partial charge is 0.254 e. The van der Waals surface area contributed by atoms with E-state index in [4.69, 9.17) is 23.8 Å². The molecule has 1 aromatic carbocycles. The lowest BCUT2D eigenvalue weighted by molar-refractivity contribution is -0.250. The first-order chi connectivity index (χ1) is 18.9. The minimum atomic E-state index is -2.44. The van der Waals surface area contributed by atoms with E-state index in [9.17, 15) is 9.59 Å². The maximum atomic E-state index is 13.6. The number of benzene rings is 1. The van der Waals surface area contributed by atoms with Crippen molar-refractivity contribution in [2.24, 2.45) is 11.8 Å². The molecule has 1 amide bonds. The lowest BCUT2D eigenvalue weighted by Gasteiger charge is -2.47. The number of fused-ring (bicyclic) bond motifs is 1. The van der Waals surface area contributed by atoms with Gasteiger partial charge in [-0.15, -0.1) is 11.8 Å². The Hall–Kier alpha value is -2.00. The van der Waals surface area contributed by atoms with Gasteiger partial charge in [0.15, 0.2) is 0 Å². The van der Waals surface area contributed by atoms with E-state index in [2.05, 4.69) is 15.2 Å². The van der Waals surface area contributed by atoms with Crippen molar-refractivity contribution in [2.75, 3.05) is 25.9 Å². The Balaban J connectivity index is 1.37. The second-order valence-corrected chi connectivity index (χ2v) is 12.2. The molecule has 2 unspecified atom stereocenters. The molecule has 3 aliphatic rings. The summed E-state index contributed by atoms with van der Waals surface area (Å²) in [6, 6.07) is 4.88. The maximum absolute atomic E-state index is 13.6. The van der Waals surface area contributed by atoms with Crippen LogP contribution in [0.4, 0.5) is 0 Å². The number of piperidine rings is 1. The number of rotatable bonds is 7. The Kier molecular flexibility index (Phi) is 7.39. The third-order valence-corrected chi connectivity index (χ3v) is 9.18. The Morgan fingerprint density at radius 1 is 1.29 bits per heavy atom. The summed E-state index contributed by atoms with van der Waals surface area (Å²) in [6.45, 7) is 6.34. The summed E-state index contributed by atoms with van der Waals surface area (Å²) in [5, 5.41) is 2.72. The van der Waals surface area contributed by atoms with Crippen LogP contribution in [0, 0.1) is 18.8 Å². The van der Waals surface area contributed by atoms with Gasteiger partial charge in [-0.3, -0.25) is 9.59 Å². The topological polar surface area (TPSA) is 83.7 Å². The van der Waals surface area contributed by atoms with Gasteiger partial charge in [0.1, 0.15) is 5.75 Å². The van der Waals surface area contributed by atoms with Gasteiger partial charge in [0.25, 0.3) is 11.5 Å². The van der Waals surface area contributed by atoms with Gasteiger partial charge in [-0.2, -0.15) is 0 Å². The van der Waals surface area contributed by atoms with Gasteiger partial charge in [-0.05, 0) is 83.0 Å². The van der Waals surface area contributed by atoms with E-state index in [0.717, 1.165) is 31.8 Å². The number of nitrogens with zero attached hydrogens (tertiary/aromatic N) is 1. The summed E-state index contributed by atoms with van der Waals surface area (Å²) in [5.41, 5.74) is 0.550. The highest BCUT2D eigenvalue weighted by Gasteiger charge is 2.45. The third-order valence-electron chi connectivity index (χ3n) is 8.20. The highest BCUT2D eigenvalue weighted by molar-refractivity contribution is 7.98.